The molecule has 1 heterocycles. The van der Waals surface area contributed by atoms with Gasteiger partial charge in [0.2, 0.25) is 0 Å². The molecule has 0 spiro atoms. The Morgan fingerprint density at radius 2 is 1.86 bits per heavy atom. The number of allylic oxidation sites excluding steroid dienone is 1. The second-order valence-corrected chi connectivity index (χ2v) is 8.14. The summed E-state index contributed by atoms with van der Waals surface area (Å²) in [5, 5.41) is 0. The number of hydrogen-bond donors (Lipinski definition) is 0. The molecule has 3 rings (SSSR count). The van der Waals surface area contributed by atoms with Crippen molar-refractivity contribution in [2.75, 3.05) is 7.11 Å². The minimum atomic E-state index is -0.915. The quantitative estimate of drug-likeness (QED) is 0.413. The second-order valence-electron chi connectivity index (χ2n) is 8.14. The Kier molecular flexibility index (Phi) is 5.78. The van der Waals surface area contributed by atoms with Crippen LogP contribution in [0, 0.1) is 0 Å². The lowest BCUT2D eigenvalue weighted by atomic mass is 9.74. The van der Waals surface area contributed by atoms with Gasteiger partial charge in [-0.05, 0) is 45.2 Å². The molecule has 2 aromatic rings. The third-order valence-electron chi connectivity index (χ3n) is 4.77. The summed E-state index contributed by atoms with van der Waals surface area (Å²) >= 11 is 0. The van der Waals surface area contributed by atoms with E-state index in [4.69, 9.17) is 14.2 Å². The molecule has 29 heavy (non-hydrogen) atoms. The number of carbonyl (C=O) groups excluding carboxylic acids is 2. The first-order valence-electron chi connectivity index (χ1n) is 9.58. The molecule has 0 N–H and O–H groups in total. The van der Waals surface area contributed by atoms with Crippen LogP contribution in [0.5, 0.6) is 11.5 Å². The van der Waals surface area contributed by atoms with Crippen LogP contribution in [-0.4, -0.2) is 24.6 Å². The average molecular weight is 394 g/mol. The summed E-state index contributed by atoms with van der Waals surface area (Å²) in [7, 11) is 1.57. The van der Waals surface area contributed by atoms with E-state index in [0.29, 0.717) is 24.3 Å². The van der Waals surface area contributed by atoms with E-state index in [-0.39, 0.29) is 5.97 Å². The highest BCUT2D eigenvalue weighted by atomic mass is 16.6. The number of fused-ring (bicyclic) bond motifs is 1. The lowest BCUT2D eigenvalue weighted by molar-refractivity contribution is -0.148. The maximum atomic E-state index is 13.0. The number of carbonyl (C=O) groups is 2. The van der Waals surface area contributed by atoms with Gasteiger partial charge >= 0.3 is 11.9 Å². The molecule has 2 aromatic carbocycles. The Bertz CT molecular complexity index is 924. The third-order valence-corrected chi connectivity index (χ3v) is 4.77. The first-order chi connectivity index (χ1) is 13.7. The molecular formula is C24H26O5. The van der Waals surface area contributed by atoms with Gasteiger partial charge in [0, 0.05) is 17.7 Å². The van der Waals surface area contributed by atoms with E-state index < -0.39 is 17.0 Å². The van der Waals surface area contributed by atoms with E-state index >= 15 is 0 Å². The third kappa shape index (κ3) is 4.67. The molecule has 0 unspecified atom stereocenters. The van der Waals surface area contributed by atoms with Crippen molar-refractivity contribution in [3.05, 3.63) is 71.8 Å². The summed E-state index contributed by atoms with van der Waals surface area (Å²) in [4.78, 5) is 25.1. The van der Waals surface area contributed by atoms with E-state index in [0.717, 1.165) is 11.1 Å². The predicted octanol–water partition coefficient (Wildman–Crippen LogP) is 4.38. The summed E-state index contributed by atoms with van der Waals surface area (Å²) in [6.45, 7) is 5.44. The molecule has 0 aromatic heterocycles. The topological polar surface area (TPSA) is 61.8 Å². The Labute approximate surface area is 171 Å². The highest BCUT2D eigenvalue weighted by molar-refractivity contribution is 5.92. The van der Waals surface area contributed by atoms with E-state index in [1.165, 1.54) is 6.08 Å². The van der Waals surface area contributed by atoms with Gasteiger partial charge < -0.3 is 14.2 Å². The molecule has 0 saturated carbocycles. The first kappa shape index (κ1) is 20.6. The molecule has 1 aliphatic heterocycles. The van der Waals surface area contributed by atoms with E-state index in [1.54, 1.807) is 19.3 Å². The zero-order valence-corrected chi connectivity index (χ0v) is 17.2. The Hall–Kier alpha value is -3.08. The molecule has 1 aliphatic rings. The molecule has 1 atom stereocenters. The Balaban J connectivity index is 1.94. The largest absolute Gasteiger partial charge is 0.497 e. The van der Waals surface area contributed by atoms with Crippen LogP contribution in [-0.2, 0) is 26.2 Å². The number of benzene rings is 2. The lowest BCUT2D eigenvalue weighted by Gasteiger charge is -2.25. The average Bonchev–Trinajstić information content (AvgIpc) is 2.92. The van der Waals surface area contributed by atoms with Crippen molar-refractivity contribution in [2.24, 2.45) is 0 Å². The number of hydrogen-bond acceptors (Lipinski definition) is 5. The summed E-state index contributed by atoms with van der Waals surface area (Å²) in [6.07, 6.45) is 3.86. The van der Waals surface area contributed by atoms with Crippen molar-refractivity contribution in [1.29, 1.82) is 0 Å². The van der Waals surface area contributed by atoms with Crippen molar-refractivity contribution in [3.63, 3.8) is 0 Å². The summed E-state index contributed by atoms with van der Waals surface area (Å²) in [5.41, 5.74) is 0.319. The normalized spacial score (nSPS) is 18.4. The molecule has 0 radical (unpaired) electrons. The van der Waals surface area contributed by atoms with Crippen molar-refractivity contribution in [3.8, 4) is 11.5 Å². The molecule has 5 heteroatoms. The first-order valence-corrected chi connectivity index (χ1v) is 9.58. The minimum absolute atomic E-state index is 0.319. The zero-order valence-electron chi connectivity index (χ0n) is 17.2. The van der Waals surface area contributed by atoms with Crippen molar-refractivity contribution in [2.45, 2.75) is 44.6 Å². The summed E-state index contributed by atoms with van der Waals surface area (Å²) in [6, 6.07) is 15.2. The van der Waals surface area contributed by atoms with Crippen LogP contribution in [0.25, 0.3) is 0 Å². The van der Waals surface area contributed by atoms with Gasteiger partial charge in [-0.2, -0.15) is 0 Å². The predicted molar refractivity (Wildman–Crippen MR) is 110 cm³/mol. The van der Waals surface area contributed by atoms with Crippen LogP contribution >= 0.6 is 0 Å². The maximum absolute atomic E-state index is 13.0. The van der Waals surface area contributed by atoms with Crippen molar-refractivity contribution >= 4 is 11.9 Å². The standard InChI is InChI=1S/C24H26O5/c1-23(2,3)29-21(25)11-8-14-24(16-17-9-6-5-7-10-17)19-13-12-18(27-4)15-20(19)28-22(24)26/h5-13,15H,14,16H2,1-4H3/b11-8+/t24-/m0/s1. The number of ether oxygens (including phenoxy) is 3. The van der Waals surface area contributed by atoms with Gasteiger partial charge in [-0.15, -0.1) is 0 Å². The molecule has 0 saturated heterocycles. The summed E-state index contributed by atoms with van der Waals surface area (Å²) in [5.74, 6) is 0.347. The highest BCUT2D eigenvalue weighted by Gasteiger charge is 2.48. The zero-order chi connectivity index (χ0) is 21.1. The van der Waals surface area contributed by atoms with Crippen molar-refractivity contribution < 1.29 is 23.8 Å². The molecule has 0 bridgehead atoms. The molecular weight excluding hydrogens is 368 g/mol. The van der Waals surface area contributed by atoms with Crippen LogP contribution < -0.4 is 9.47 Å². The number of rotatable bonds is 6. The van der Waals surface area contributed by atoms with Gasteiger partial charge in [-0.25, -0.2) is 4.79 Å². The molecule has 0 amide bonds. The van der Waals surface area contributed by atoms with E-state index in [9.17, 15) is 9.59 Å². The van der Waals surface area contributed by atoms with Crippen LogP contribution in [0.4, 0.5) is 0 Å². The van der Waals surface area contributed by atoms with Gasteiger partial charge in [-0.1, -0.05) is 42.5 Å². The lowest BCUT2D eigenvalue weighted by Crippen LogP contribution is -2.35. The fourth-order valence-corrected chi connectivity index (χ4v) is 3.49. The van der Waals surface area contributed by atoms with Gasteiger partial charge in [0.1, 0.15) is 22.5 Å². The van der Waals surface area contributed by atoms with Gasteiger partial charge in [-0.3, -0.25) is 4.79 Å². The minimum Gasteiger partial charge on any atom is -0.497 e. The molecule has 0 fully saturated rings. The summed E-state index contributed by atoms with van der Waals surface area (Å²) < 4.78 is 16.2. The van der Waals surface area contributed by atoms with Gasteiger partial charge in [0.25, 0.3) is 0 Å². The Morgan fingerprint density at radius 3 is 2.52 bits per heavy atom. The smallest absolute Gasteiger partial charge is 0.330 e. The van der Waals surface area contributed by atoms with Crippen LogP contribution in [0.15, 0.2) is 60.7 Å². The van der Waals surface area contributed by atoms with E-state index in [2.05, 4.69) is 0 Å². The van der Waals surface area contributed by atoms with Crippen LogP contribution in [0.3, 0.4) is 0 Å². The second kappa shape index (κ2) is 8.11. The molecule has 5 nitrogen and oxygen atoms in total. The van der Waals surface area contributed by atoms with Gasteiger partial charge in [0.15, 0.2) is 0 Å². The van der Waals surface area contributed by atoms with E-state index in [1.807, 2.05) is 63.2 Å². The Morgan fingerprint density at radius 1 is 1.14 bits per heavy atom. The van der Waals surface area contributed by atoms with Gasteiger partial charge in [0.05, 0.1) is 7.11 Å². The molecule has 152 valence electrons. The SMILES string of the molecule is COc1ccc2c(c1)OC(=O)[C@@]2(C/C=C/C(=O)OC(C)(C)C)Cc1ccccc1. The van der Waals surface area contributed by atoms with Crippen LogP contribution in [0.2, 0.25) is 0 Å². The molecule has 0 aliphatic carbocycles. The maximum Gasteiger partial charge on any atom is 0.330 e. The highest BCUT2D eigenvalue weighted by Crippen LogP contribution is 2.46. The number of esters is 2. The van der Waals surface area contributed by atoms with Crippen LogP contribution in [0.1, 0.15) is 38.3 Å². The van der Waals surface area contributed by atoms with Crippen molar-refractivity contribution in [1.82, 2.24) is 0 Å². The fraction of sp³-hybridized carbons (Fsp3) is 0.333. The fourth-order valence-electron chi connectivity index (χ4n) is 3.49. The number of methoxy groups -OCH3 is 1. The monoisotopic (exact) mass is 394 g/mol.